The van der Waals surface area contributed by atoms with Crippen LogP contribution >= 0.6 is 11.8 Å². The van der Waals surface area contributed by atoms with Crippen molar-refractivity contribution in [3.63, 3.8) is 0 Å². The number of ether oxygens (including phenoxy) is 1. The highest BCUT2D eigenvalue weighted by atomic mass is 32.2. The molecule has 0 aliphatic rings. The number of hydrogen-bond acceptors (Lipinski definition) is 3. The predicted octanol–water partition coefficient (Wildman–Crippen LogP) is 5.68. The first-order chi connectivity index (χ1) is 15.2. The Bertz CT molecular complexity index is 1200. The lowest BCUT2D eigenvalue weighted by atomic mass is 10.1. The topological polar surface area (TPSA) is 43.3 Å². The largest absolute Gasteiger partial charge is 0.496 e. The molecule has 4 aromatic rings. The highest BCUT2D eigenvalue weighted by Crippen LogP contribution is 2.32. The van der Waals surface area contributed by atoms with E-state index < -0.39 is 0 Å². The molecular formula is C26H26N2O2S. The van der Waals surface area contributed by atoms with Gasteiger partial charge in [0.2, 0.25) is 0 Å². The fraction of sp³-hybridized carbons (Fsp3) is 0.192. The van der Waals surface area contributed by atoms with E-state index in [1.807, 2.05) is 23.9 Å². The Morgan fingerprint density at radius 1 is 1.00 bits per heavy atom. The van der Waals surface area contributed by atoms with Gasteiger partial charge < -0.3 is 14.6 Å². The Hall–Kier alpha value is -3.18. The zero-order valence-corrected chi connectivity index (χ0v) is 18.6. The summed E-state index contributed by atoms with van der Waals surface area (Å²) in [4.78, 5) is 13.8. The van der Waals surface area contributed by atoms with E-state index in [1.165, 1.54) is 26.9 Å². The summed E-state index contributed by atoms with van der Waals surface area (Å²) in [7, 11) is 1.58. The van der Waals surface area contributed by atoms with Crippen molar-refractivity contribution in [3.05, 3.63) is 95.7 Å². The van der Waals surface area contributed by atoms with Crippen molar-refractivity contribution < 1.29 is 9.53 Å². The van der Waals surface area contributed by atoms with E-state index in [2.05, 4.69) is 71.5 Å². The van der Waals surface area contributed by atoms with Gasteiger partial charge in [-0.1, -0.05) is 54.6 Å². The second kappa shape index (κ2) is 9.75. The van der Waals surface area contributed by atoms with Crippen LogP contribution in [-0.4, -0.2) is 24.1 Å². The monoisotopic (exact) mass is 430 g/mol. The average molecular weight is 431 g/mol. The number of amides is 1. The Morgan fingerprint density at radius 2 is 1.74 bits per heavy atom. The van der Waals surface area contributed by atoms with E-state index >= 15 is 0 Å². The number of aromatic nitrogens is 1. The van der Waals surface area contributed by atoms with E-state index in [4.69, 9.17) is 4.74 Å². The number of nitrogens with one attached hydrogen (secondary N) is 1. The lowest BCUT2D eigenvalue weighted by Crippen LogP contribution is -2.27. The van der Waals surface area contributed by atoms with Crippen LogP contribution in [0, 0.1) is 6.92 Å². The first-order valence-electron chi connectivity index (χ1n) is 10.3. The molecule has 1 aromatic heterocycles. The van der Waals surface area contributed by atoms with Gasteiger partial charge in [0, 0.05) is 40.8 Å². The van der Waals surface area contributed by atoms with Crippen LogP contribution in [0.2, 0.25) is 0 Å². The zero-order valence-electron chi connectivity index (χ0n) is 17.8. The summed E-state index contributed by atoms with van der Waals surface area (Å²) in [6, 6.07) is 24.2. The Kier molecular flexibility index (Phi) is 6.63. The van der Waals surface area contributed by atoms with Crippen molar-refractivity contribution in [2.75, 3.05) is 13.7 Å². The van der Waals surface area contributed by atoms with Gasteiger partial charge in [0.05, 0.1) is 12.7 Å². The van der Waals surface area contributed by atoms with Gasteiger partial charge in [0.15, 0.2) is 0 Å². The number of carbonyl (C=O) groups excluding carboxylic acids is 1. The molecule has 4 nitrogen and oxygen atoms in total. The molecule has 3 aromatic carbocycles. The Balaban J connectivity index is 1.46. The maximum absolute atomic E-state index is 12.6. The molecule has 0 fully saturated rings. The molecule has 0 radical (unpaired) electrons. The first kappa shape index (κ1) is 21.1. The molecule has 4 rings (SSSR count). The van der Waals surface area contributed by atoms with Crippen LogP contribution in [0.5, 0.6) is 5.75 Å². The molecule has 0 unspecified atom stereocenters. The number of nitrogens with zero attached hydrogens (tertiary/aromatic N) is 1. The fourth-order valence-electron chi connectivity index (χ4n) is 3.66. The fourth-order valence-corrected chi connectivity index (χ4v) is 4.82. The van der Waals surface area contributed by atoms with Gasteiger partial charge in [-0.3, -0.25) is 4.79 Å². The average Bonchev–Trinajstić information content (AvgIpc) is 3.16. The highest BCUT2D eigenvalue weighted by molar-refractivity contribution is 7.98. The number of rotatable bonds is 8. The van der Waals surface area contributed by atoms with Crippen molar-refractivity contribution in [1.29, 1.82) is 0 Å². The number of aryl methyl sites for hydroxylation is 1. The number of carbonyl (C=O) groups is 1. The number of thioether (sulfide) groups is 1. The molecule has 1 N–H and O–H groups in total. The van der Waals surface area contributed by atoms with Crippen LogP contribution in [0.25, 0.3) is 10.9 Å². The lowest BCUT2D eigenvalue weighted by Gasteiger charge is -2.10. The van der Waals surface area contributed by atoms with E-state index in [0.29, 0.717) is 24.4 Å². The third-order valence-corrected chi connectivity index (χ3v) is 6.48. The molecule has 1 amide bonds. The van der Waals surface area contributed by atoms with Crippen LogP contribution in [0.1, 0.15) is 21.5 Å². The molecule has 0 spiro atoms. The standard InChI is InChI=1S/C26H26N2O2S/c1-19-9-3-4-10-20(19)18-31-25-17-28(23-13-7-5-11-21(23)25)16-15-27-26(29)22-12-6-8-14-24(22)30-2/h3-14,17H,15-16,18H2,1-2H3,(H,27,29). The molecule has 5 heteroatoms. The van der Waals surface area contributed by atoms with Crippen molar-refractivity contribution in [2.45, 2.75) is 24.1 Å². The third-order valence-electron chi connectivity index (χ3n) is 5.39. The van der Waals surface area contributed by atoms with E-state index in [1.54, 1.807) is 19.2 Å². The zero-order chi connectivity index (χ0) is 21.6. The van der Waals surface area contributed by atoms with Gasteiger partial charge in [-0.05, 0) is 36.2 Å². The molecule has 1 heterocycles. The third kappa shape index (κ3) is 4.78. The van der Waals surface area contributed by atoms with Crippen LogP contribution in [0.3, 0.4) is 0 Å². The minimum Gasteiger partial charge on any atom is -0.496 e. The summed E-state index contributed by atoms with van der Waals surface area (Å²) >= 11 is 1.85. The van der Waals surface area contributed by atoms with Crippen LogP contribution < -0.4 is 10.1 Å². The van der Waals surface area contributed by atoms with Crippen LogP contribution in [0.4, 0.5) is 0 Å². The van der Waals surface area contributed by atoms with Crippen molar-refractivity contribution in [1.82, 2.24) is 9.88 Å². The molecule has 0 aliphatic heterocycles. The maximum atomic E-state index is 12.6. The quantitative estimate of drug-likeness (QED) is 0.366. The highest BCUT2D eigenvalue weighted by Gasteiger charge is 2.12. The van der Waals surface area contributed by atoms with Crippen molar-refractivity contribution in [2.24, 2.45) is 0 Å². The summed E-state index contributed by atoms with van der Waals surface area (Å²) in [5.41, 5.74) is 4.41. The minimum absolute atomic E-state index is 0.122. The molecule has 0 bridgehead atoms. The second-order valence-corrected chi connectivity index (χ2v) is 8.39. The SMILES string of the molecule is COc1ccccc1C(=O)NCCn1cc(SCc2ccccc2C)c2ccccc21. The van der Waals surface area contributed by atoms with Gasteiger partial charge in [-0.15, -0.1) is 11.8 Å². The Morgan fingerprint density at radius 3 is 2.58 bits per heavy atom. The molecule has 0 atom stereocenters. The number of methoxy groups -OCH3 is 1. The number of para-hydroxylation sites is 2. The second-order valence-electron chi connectivity index (χ2n) is 7.38. The first-order valence-corrected chi connectivity index (χ1v) is 11.3. The lowest BCUT2D eigenvalue weighted by molar-refractivity contribution is 0.0949. The summed E-state index contributed by atoms with van der Waals surface area (Å²) in [5, 5.41) is 4.26. The Labute approximate surface area is 187 Å². The molecule has 0 aliphatic carbocycles. The van der Waals surface area contributed by atoms with Gasteiger partial charge >= 0.3 is 0 Å². The van der Waals surface area contributed by atoms with Gasteiger partial charge in [0.25, 0.3) is 5.91 Å². The maximum Gasteiger partial charge on any atom is 0.255 e. The molecule has 0 saturated heterocycles. The van der Waals surface area contributed by atoms with Crippen molar-refractivity contribution in [3.8, 4) is 5.75 Å². The van der Waals surface area contributed by atoms with Gasteiger partial charge in [0.1, 0.15) is 5.75 Å². The molecule has 158 valence electrons. The van der Waals surface area contributed by atoms with E-state index in [9.17, 15) is 4.79 Å². The normalized spacial score (nSPS) is 10.9. The number of benzene rings is 3. The van der Waals surface area contributed by atoms with E-state index in [0.717, 1.165) is 5.75 Å². The number of hydrogen-bond donors (Lipinski definition) is 1. The van der Waals surface area contributed by atoms with Gasteiger partial charge in [-0.2, -0.15) is 0 Å². The van der Waals surface area contributed by atoms with Crippen molar-refractivity contribution >= 4 is 28.6 Å². The molecule has 0 saturated carbocycles. The smallest absolute Gasteiger partial charge is 0.255 e. The predicted molar refractivity (Wildman–Crippen MR) is 128 cm³/mol. The number of fused-ring (bicyclic) bond motifs is 1. The van der Waals surface area contributed by atoms with Crippen LogP contribution in [-0.2, 0) is 12.3 Å². The summed E-state index contributed by atoms with van der Waals surface area (Å²) in [6.07, 6.45) is 2.20. The summed E-state index contributed by atoms with van der Waals surface area (Å²) in [6.45, 7) is 3.40. The van der Waals surface area contributed by atoms with Crippen LogP contribution in [0.15, 0.2) is 83.9 Å². The minimum atomic E-state index is -0.122. The van der Waals surface area contributed by atoms with Gasteiger partial charge in [-0.25, -0.2) is 0 Å². The molecular weight excluding hydrogens is 404 g/mol. The summed E-state index contributed by atoms with van der Waals surface area (Å²) in [5.74, 6) is 1.40. The van der Waals surface area contributed by atoms with E-state index in [-0.39, 0.29) is 5.91 Å². The summed E-state index contributed by atoms with van der Waals surface area (Å²) < 4.78 is 7.52. The molecule has 31 heavy (non-hydrogen) atoms.